The summed E-state index contributed by atoms with van der Waals surface area (Å²) in [5, 5.41) is 17.2. The lowest BCUT2D eigenvalue weighted by atomic mass is 10.1. The number of fused-ring (bicyclic) bond motifs is 1. The summed E-state index contributed by atoms with van der Waals surface area (Å²) in [5.74, 6) is 1.67. The van der Waals surface area contributed by atoms with Gasteiger partial charge in [0.25, 0.3) is 0 Å². The molecule has 9 heteroatoms. The Labute approximate surface area is 186 Å². The molecule has 3 rings (SSSR count). The SMILES string of the molecule is COC1=CC(O)=CCC(c2cc3c(s2)N(/C(C)=C\N(C)C)CC(=NCCNC=O)N3)=C1. The second-order valence-electron chi connectivity index (χ2n) is 7.43. The van der Waals surface area contributed by atoms with Gasteiger partial charge in [-0.1, -0.05) is 0 Å². The molecule has 0 unspecified atom stereocenters. The van der Waals surface area contributed by atoms with Crippen LogP contribution in [0.25, 0.3) is 5.57 Å². The van der Waals surface area contributed by atoms with Crippen LogP contribution in [0.1, 0.15) is 18.2 Å². The third-order valence-corrected chi connectivity index (χ3v) is 5.98. The van der Waals surface area contributed by atoms with Crippen LogP contribution in [0.2, 0.25) is 0 Å². The van der Waals surface area contributed by atoms with Gasteiger partial charge in [-0.05, 0) is 37.1 Å². The van der Waals surface area contributed by atoms with E-state index >= 15 is 0 Å². The third-order valence-electron chi connectivity index (χ3n) is 4.75. The van der Waals surface area contributed by atoms with Gasteiger partial charge in [0.05, 0.1) is 25.9 Å². The molecule has 0 radical (unpaired) electrons. The average Bonchev–Trinajstić information content (AvgIpc) is 3.06. The molecule has 0 atom stereocenters. The first-order chi connectivity index (χ1) is 14.9. The maximum absolute atomic E-state index is 10.5. The van der Waals surface area contributed by atoms with E-state index in [1.165, 1.54) is 0 Å². The van der Waals surface area contributed by atoms with Gasteiger partial charge >= 0.3 is 0 Å². The number of methoxy groups -OCH3 is 1. The second kappa shape index (κ2) is 10.2. The number of ether oxygens (including phenoxy) is 1. The molecule has 8 nitrogen and oxygen atoms in total. The summed E-state index contributed by atoms with van der Waals surface area (Å²) in [6, 6.07) is 2.11. The van der Waals surface area contributed by atoms with Crippen molar-refractivity contribution in [3.63, 3.8) is 0 Å². The van der Waals surface area contributed by atoms with Gasteiger partial charge in [-0.25, -0.2) is 0 Å². The molecule has 1 aliphatic heterocycles. The molecule has 0 aromatic carbocycles. The molecule has 0 bridgehead atoms. The number of allylic oxidation sites excluding steroid dienone is 5. The van der Waals surface area contributed by atoms with Crippen LogP contribution in [-0.2, 0) is 9.53 Å². The number of rotatable bonds is 8. The molecular formula is C22H29N5O3S. The number of nitrogens with zero attached hydrogens (tertiary/aromatic N) is 3. The first-order valence-electron chi connectivity index (χ1n) is 10.0. The number of aliphatic hydroxyl groups is 1. The number of aliphatic imine (C=N–C) groups is 1. The fourth-order valence-electron chi connectivity index (χ4n) is 3.36. The molecule has 0 fully saturated rings. The Balaban J connectivity index is 1.96. The third kappa shape index (κ3) is 5.69. The van der Waals surface area contributed by atoms with E-state index in [1.54, 1.807) is 30.6 Å². The predicted octanol–water partition coefficient (Wildman–Crippen LogP) is 3.31. The number of aliphatic hydroxyl groups excluding tert-OH is 1. The van der Waals surface area contributed by atoms with Crippen molar-refractivity contribution in [2.45, 2.75) is 13.3 Å². The zero-order chi connectivity index (χ0) is 22.4. The number of hydrogen-bond acceptors (Lipinski definition) is 7. The highest BCUT2D eigenvalue weighted by molar-refractivity contribution is 7.18. The van der Waals surface area contributed by atoms with Crippen molar-refractivity contribution >= 4 is 39.8 Å². The molecule has 0 saturated carbocycles. The Hall–Kier alpha value is -3.20. The highest BCUT2D eigenvalue weighted by atomic mass is 32.1. The van der Waals surface area contributed by atoms with Gasteiger partial charge in [-0.2, -0.15) is 0 Å². The van der Waals surface area contributed by atoms with Crippen LogP contribution in [0.15, 0.2) is 52.7 Å². The Kier molecular flexibility index (Phi) is 7.41. The van der Waals surface area contributed by atoms with Crippen molar-refractivity contribution in [2.24, 2.45) is 4.99 Å². The average molecular weight is 444 g/mol. The molecule has 1 aromatic heterocycles. The van der Waals surface area contributed by atoms with Gasteiger partial charge in [-0.3, -0.25) is 9.79 Å². The van der Waals surface area contributed by atoms with Gasteiger partial charge < -0.3 is 30.3 Å². The number of carbonyl (C=O) groups is 1. The standard InChI is InChI=1S/C22H29N5O3S/c1-15(12-26(2)3)27-13-21(24-8-7-23-14-28)25-19-11-20(31-22(19)27)16-5-6-17(29)10-18(9-16)30-4/h6,9-12,14,29H,5,7-8,13H2,1-4H3,(H,23,28)(H,24,25)/b15-12-. The van der Waals surface area contributed by atoms with Crippen molar-refractivity contribution in [3.05, 3.63) is 52.6 Å². The lowest BCUT2D eigenvalue weighted by Crippen LogP contribution is -2.37. The maximum Gasteiger partial charge on any atom is 0.207 e. The molecule has 31 heavy (non-hydrogen) atoms. The van der Waals surface area contributed by atoms with Crippen LogP contribution < -0.4 is 15.5 Å². The summed E-state index contributed by atoms with van der Waals surface area (Å²) in [5.41, 5.74) is 3.16. The molecule has 2 heterocycles. The lowest BCUT2D eigenvalue weighted by molar-refractivity contribution is -0.109. The van der Waals surface area contributed by atoms with Crippen molar-refractivity contribution in [2.75, 3.05) is 51.1 Å². The van der Waals surface area contributed by atoms with Crippen LogP contribution in [-0.4, -0.2) is 63.1 Å². The van der Waals surface area contributed by atoms with Gasteiger partial charge in [0.1, 0.15) is 22.4 Å². The number of amidine groups is 1. The predicted molar refractivity (Wildman–Crippen MR) is 127 cm³/mol. The zero-order valence-electron chi connectivity index (χ0n) is 18.3. The van der Waals surface area contributed by atoms with E-state index in [2.05, 4.69) is 39.7 Å². The normalized spacial score (nSPS) is 17.7. The Morgan fingerprint density at radius 3 is 2.97 bits per heavy atom. The smallest absolute Gasteiger partial charge is 0.207 e. The van der Waals surface area contributed by atoms with E-state index < -0.39 is 0 Å². The topological polar surface area (TPSA) is 89.4 Å². The van der Waals surface area contributed by atoms with Crippen LogP contribution in [0.3, 0.4) is 0 Å². The number of thiophene rings is 1. The van der Waals surface area contributed by atoms with E-state index in [-0.39, 0.29) is 5.76 Å². The Bertz CT molecular complexity index is 972. The molecule has 1 amide bonds. The summed E-state index contributed by atoms with van der Waals surface area (Å²) in [6.45, 7) is 3.71. The molecule has 0 spiro atoms. The van der Waals surface area contributed by atoms with Crippen molar-refractivity contribution in [1.29, 1.82) is 0 Å². The lowest BCUT2D eigenvalue weighted by Gasteiger charge is -2.31. The van der Waals surface area contributed by atoms with Crippen molar-refractivity contribution in [1.82, 2.24) is 10.2 Å². The minimum absolute atomic E-state index is 0.201. The molecule has 1 aliphatic carbocycles. The Morgan fingerprint density at radius 1 is 1.45 bits per heavy atom. The number of amides is 1. The zero-order valence-corrected chi connectivity index (χ0v) is 19.1. The van der Waals surface area contributed by atoms with Gasteiger partial charge in [-0.15, -0.1) is 11.3 Å². The highest BCUT2D eigenvalue weighted by Gasteiger charge is 2.26. The minimum atomic E-state index is 0.201. The fraction of sp³-hybridized carbons (Fsp3) is 0.364. The molecular weight excluding hydrogens is 414 g/mol. The molecule has 2 aliphatic rings. The van der Waals surface area contributed by atoms with E-state index in [4.69, 9.17) is 4.74 Å². The largest absolute Gasteiger partial charge is 0.508 e. The van der Waals surface area contributed by atoms with Gasteiger partial charge in [0, 0.05) is 43.5 Å². The summed E-state index contributed by atoms with van der Waals surface area (Å²) in [6.07, 6.45) is 8.74. The van der Waals surface area contributed by atoms with E-state index in [9.17, 15) is 9.90 Å². The quantitative estimate of drug-likeness (QED) is 0.422. The fourth-order valence-corrected chi connectivity index (χ4v) is 4.56. The molecule has 0 saturated heterocycles. The van der Waals surface area contributed by atoms with Crippen LogP contribution in [0.4, 0.5) is 10.7 Å². The summed E-state index contributed by atoms with van der Waals surface area (Å²) in [7, 11) is 5.60. The minimum Gasteiger partial charge on any atom is -0.508 e. The van der Waals surface area contributed by atoms with Crippen LogP contribution >= 0.6 is 11.3 Å². The second-order valence-corrected chi connectivity index (χ2v) is 8.46. The summed E-state index contributed by atoms with van der Waals surface area (Å²) >= 11 is 1.69. The first-order valence-corrected chi connectivity index (χ1v) is 10.8. The number of carbonyl (C=O) groups excluding carboxylic acids is 1. The van der Waals surface area contributed by atoms with Gasteiger partial charge in [0.15, 0.2) is 0 Å². The molecule has 3 N–H and O–H groups in total. The number of nitrogens with one attached hydrogen (secondary N) is 2. The van der Waals surface area contributed by atoms with E-state index in [0.717, 1.165) is 32.7 Å². The number of anilines is 2. The highest BCUT2D eigenvalue weighted by Crippen LogP contribution is 2.44. The molecule has 1 aromatic rings. The van der Waals surface area contributed by atoms with Gasteiger partial charge in [0.2, 0.25) is 6.41 Å². The first kappa shape index (κ1) is 22.5. The van der Waals surface area contributed by atoms with Crippen molar-refractivity contribution in [3.8, 4) is 0 Å². The molecule has 166 valence electrons. The van der Waals surface area contributed by atoms with E-state index in [1.807, 2.05) is 25.1 Å². The Morgan fingerprint density at radius 2 is 2.26 bits per heavy atom. The van der Waals surface area contributed by atoms with Crippen LogP contribution in [0, 0.1) is 0 Å². The van der Waals surface area contributed by atoms with E-state index in [0.29, 0.717) is 38.2 Å². The monoisotopic (exact) mass is 443 g/mol. The van der Waals surface area contributed by atoms with Crippen LogP contribution in [0.5, 0.6) is 0 Å². The summed E-state index contributed by atoms with van der Waals surface area (Å²) in [4.78, 5) is 20.5. The summed E-state index contributed by atoms with van der Waals surface area (Å²) < 4.78 is 5.38. The number of hydrogen-bond donors (Lipinski definition) is 3. The maximum atomic E-state index is 10.5. The van der Waals surface area contributed by atoms with Crippen molar-refractivity contribution < 1.29 is 14.6 Å².